The van der Waals surface area contributed by atoms with E-state index in [0.717, 1.165) is 0 Å². The number of rotatable bonds is 5. The third kappa shape index (κ3) is 3.37. The predicted molar refractivity (Wildman–Crippen MR) is 95.6 cm³/mol. The molecular weight excluding hydrogens is 370 g/mol. The molecule has 3 atom stereocenters. The van der Waals surface area contributed by atoms with Crippen LogP contribution < -0.4 is 11.2 Å². The molecule has 146 valence electrons. The molecule has 3 unspecified atom stereocenters. The summed E-state index contributed by atoms with van der Waals surface area (Å²) in [4.78, 5) is 33.8. The Morgan fingerprint density at radius 3 is 2.57 bits per heavy atom. The lowest BCUT2D eigenvalue weighted by Gasteiger charge is -2.25. The molecule has 1 aromatic carbocycles. The molecule has 0 saturated heterocycles. The normalized spacial score (nSPS) is 14.7. The van der Waals surface area contributed by atoms with Crippen molar-refractivity contribution in [2.24, 2.45) is 0 Å². The van der Waals surface area contributed by atoms with E-state index in [4.69, 9.17) is 5.11 Å². The van der Waals surface area contributed by atoms with Crippen LogP contribution in [0, 0.1) is 18.3 Å². The Morgan fingerprint density at radius 1 is 1.21 bits per heavy atom. The molecule has 0 saturated carbocycles. The first-order valence-corrected chi connectivity index (χ1v) is 8.27. The highest BCUT2D eigenvalue weighted by Crippen LogP contribution is 2.24. The van der Waals surface area contributed by atoms with Crippen LogP contribution in [0.5, 0.6) is 0 Å². The lowest BCUT2D eigenvalue weighted by molar-refractivity contribution is -0.0802. The number of benzene rings is 1. The fourth-order valence-electron chi connectivity index (χ4n) is 2.91. The third-order valence-corrected chi connectivity index (χ3v) is 4.42. The van der Waals surface area contributed by atoms with E-state index in [0.29, 0.717) is 16.6 Å². The van der Waals surface area contributed by atoms with Crippen LogP contribution in [-0.4, -0.2) is 64.9 Å². The number of hydrogen-bond acceptors (Lipinski definition) is 9. The number of H-pyrrole nitrogens is 1. The van der Waals surface area contributed by atoms with Gasteiger partial charge in [-0.3, -0.25) is 9.78 Å². The molecule has 2 aliphatic rings. The Labute approximate surface area is 157 Å². The molecule has 2 aliphatic heterocycles. The molecule has 1 aromatic rings. The summed E-state index contributed by atoms with van der Waals surface area (Å²) in [6.45, 7) is 0.520. The van der Waals surface area contributed by atoms with E-state index in [1.165, 1.54) is 10.6 Å². The minimum atomic E-state index is -1.70. The number of nitrogens with zero attached hydrogens (tertiary/aromatic N) is 4. The maximum absolute atomic E-state index is 12.2. The number of hydrogen-bond donors (Lipinski definition) is 5. The van der Waals surface area contributed by atoms with Gasteiger partial charge in [0, 0.05) is 0 Å². The molecule has 0 amide bonds. The standard InChI is InChI=1S/C17H17N5O6/c1-7-2-9-10(3-8(7)4-18)22(5-11(24)14(26)12(25)6-23)15-13(19-9)16(27)21-17(28)20-15/h2-3,11-12,14,23-26H,5-6H2,1H3,(H,21,27,28). The maximum Gasteiger partial charge on any atom is 0.349 e. The van der Waals surface area contributed by atoms with E-state index in [9.17, 15) is 30.2 Å². The van der Waals surface area contributed by atoms with Crippen LogP contribution in [0.2, 0.25) is 0 Å². The van der Waals surface area contributed by atoms with E-state index >= 15 is 0 Å². The van der Waals surface area contributed by atoms with Gasteiger partial charge < -0.3 is 25.0 Å². The number of nitriles is 1. The van der Waals surface area contributed by atoms with Crippen LogP contribution in [-0.2, 0) is 6.54 Å². The lowest BCUT2D eigenvalue weighted by Crippen LogP contribution is -2.42. The maximum atomic E-state index is 12.2. The van der Waals surface area contributed by atoms with Gasteiger partial charge in [0.25, 0.3) is 5.56 Å². The first-order valence-electron chi connectivity index (χ1n) is 8.27. The van der Waals surface area contributed by atoms with Crippen LogP contribution in [0.15, 0.2) is 21.7 Å². The zero-order valence-corrected chi connectivity index (χ0v) is 14.7. The van der Waals surface area contributed by atoms with Crippen molar-refractivity contribution in [1.82, 2.24) is 19.5 Å². The van der Waals surface area contributed by atoms with E-state index in [1.54, 1.807) is 13.0 Å². The number of nitrogens with one attached hydrogen (secondary N) is 1. The second-order valence-electron chi connectivity index (χ2n) is 6.34. The quantitative estimate of drug-likeness (QED) is 0.304. The first kappa shape index (κ1) is 19.6. The summed E-state index contributed by atoms with van der Waals surface area (Å²) < 4.78 is 1.27. The smallest absolute Gasteiger partial charge is 0.349 e. The van der Waals surface area contributed by atoms with Gasteiger partial charge in [0.2, 0.25) is 0 Å². The number of fused-ring (bicyclic) bond motifs is 2. The highest BCUT2D eigenvalue weighted by Gasteiger charge is 2.27. The minimum absolute atomic E-state index is 0.154. The summed E-state index contributed by atoms with van der Waals surface area (Å²) >= 11 is 0. The van der Waals surface area contributed by atoms with Crippen LogP contribution in [0.25, 0.3) is 22.6 Å². The summed E-state index contributed by atoms with van der Waals surface area (Å²) in [5.74, 6) is -0.154. The van der Waals surface area contributed by atoms with Gasteiger partial charge in [-0.15, -0.1) is 0 Å². The second-order valence-corrected chi connectivity index (χ2v) is 6.34. The third-order valence-electron chi connectivity index (χ3n) is 4.42. The molecule has 0 radical (unpaired) electrons. The monoisotopic (exact) mass is 387 g/mol. The van der Waals surface area contributed by atoms with E-state index in [-0.39, 0.29) is 17.0 Å². The molecule has 3 rings (SSSR count). The molecule has 0 spiro atoms. The first-order chi connectivity index (χ1) is 13.3. The number of aliphatic hydroxyl groups is 4. The van der Waals surface area contributed by atoms with Gasteiger partial charge in [0.15, 0.2) is 11.5 Å². The molecular formula is C17H17N5O6. The predicted octanol–water partition coefficient (Wildman–Crippen LogP) is -2.16. The van der Waals surface area contributed by atoms with Crippen molar-refractivity contribution in [3.63, 3.8) is 0 Å². The average Bonchev–Trinajstić information content (AvgIpc) is 2.66. The van der Waals surface area contributed by atoms with Crippen molar-refractivity contribution in [2.45, 2.75) is 31.8 Å². The van der Waals surface area contributed by atoms with Crippen LogP contribution >= 0.6 is 0 Å². The van der Waals surface area contributed by atoms with Crippen molar-refractivity contribution in [1.29, 1.82) is 5.26 Å². The topological polar surface area (TPSA) is 185 Å². The Balaban J connectivity index is 2.31. The molecule has 11 heteroatoms. The Bertz CT molecular complexity index is 1160. The highest BCUT2D eigenvalue weighted by molar-refractivity contribution is 5.81. The summed E-state index contributed by atoms with van der Waals surface area (Å²) in [6, 6.07) is 5.05. The molecule has 2 heterocycles. The van der Waals surface area contributed by atoms with Gasteiger partial charge in [-0.25, -0.2) is 9.78 Å². The fraction of sp³-hybridized carbons (Fsp3) is 0.353. The van der Waals surface area contributed by atoms with Crippen LogP contribution in [0.3, 0.4) is 0 Å². The van der Waals surface area contributed by atoms with Gasteiger partial charge >= 0.3 is 5.69 Å². The number of aromatic amines is 1. The lowest BCUT2D eigenvalue weighted by atomic mass is 10.1. The van der Waals surface area contributed by atoms with E-state index < -0.39 is 42.7 Å². The molecule has 28 heavy (non-hydrogen) atoms. The average molecular weight is 387 g/mol. The zero-order chi connectivity index (χ0) is 20.6. The molecule has 0 bridgehead atoms. The summed E-state index contributed by atoms with van der Waals surface area (Å²) in [6.07, 6.45) is -4.88. The van der Waals surface area contributed by atoms with Crippen LogP contribution in [0.1, 0.15) is 11.1 Å². The van der Waals surface area contributed by atoms with E-state index in [1.807, 2.05) is 11.1 Å². The zero-order valence-electron chi connectivity index (χ0n) is 14.7. The summed E-state index contributed by atoms with van der Waals surface area (Å²) in [7, 11) is 0. The van der Waals surface area contributed by atoms with Crippen molar-refractivity contribution >= 4 is 11.0 Å². The Morgan fingerprint density at radius 2 is 1.93 bits per heavy atom. The van der Waals surface area contributed by atoms with Gasteiger partial charge in [0.1, 0.15) is 18.3 Å². The Kier molecular flexibility index (Phi) is 5.21. The van der Waals surface area contributed by atoms with Crippen molar-refractivity contribution in [3.05, 3.63) is 44.1 Å². The van der Waals surface area contributed by atoms with Crippen molar-refractivity contribution in [2.75, 3.05) is 6.61 Å². The SMILES string of the molecule is Cc1cc2nc3c(=O)[nH]c(=O)nc-3n(CC(O)C(O)C(O)CO)c2cc1C#N. The van der Waals surface area contributed by atoms with Gasteiger partial charge in [-0.05, 0) is 24.6 Å². The van der Waals surface area contributed by atoms with Crippen LogP contribution in [0.4, 0.5) is 0 Å². The molecule has 0 fully saturated rings. The van der Waals surface area contributed by atoms with E-state index in [2.05, 4.69) is 9.97 Å². The fourth-order valence-corrected chi connectivity index (χ4v) is 2.91. The number of aliphatic hydroxyl groups excluding tert-OH is 4. The number of aromatic nitrogens is 4. The summed E-state index contributed by atoms with van der Waals surface area (Å²) in [5.41, 5.74) is -0.366. The molecule has 5 N–H and O–H groups in total. The summed E-state index contributed by atoms with van der Waals surface area (Å²) in [5, 5.41) is 48.1. The van der Waals surface area contributed by atoms with Crippen molar-refractivity contribution < 1.29 is 20.4 Å². The molecule has 11 nitrogen and oxygen atoms in total. The highest BCUT2D eigenvalue weighted by atomic mass is 16.4. The largest absolute Gasteiger partial charge is 0.394 e. The Hall–Kier alpha value is -3.17. The van der Waals surface area contributed by atoms with Gasteiger partial charge in [-0.2, -0.15) is 10.2 Å². The molecule has 0 aliphatic carbocycles. The van der Waals surface area contributed by atoms with Gasteiger partial charge in [-0.1, -0.05) is 0 Å². The minimum Gasteiger partial charge on any atom is -0.394 e. The van der Waals surface area contributed by atoms with Gasteiger partial charge in [0.05, 0.1) is 35.8 Å². The second kappa shape index (κ2) is 7.45. The molecule has 0 aromatic heterocycles. The number of aryl methyl sites for hydroxylation is 1. The van der Waals surface area contributed by atoms with Crippen molar-refractivity contribution in [3.8, 4) is 17.6 Å².